The Morgan fingerprint density at radius 3 is 2.10 bits per heavy atom. The molecule has 2 aromatic heterocycles. The predicted molar refractivity (Wildman–Crippen MR) is 121 cm³/mol. The topological polar surface area (TPSA) is 64.3 Å². The van der Waals surface area contributed by atoms with Crippen LogP contribution in [0.3, 0.4) is 0 Å². The molecule has 0 aliphatic carbocycles. The lowest BCUT2D eigenvalue weighted by molar-refractivity contribution is 0.596. The standard InChI is InChI=1S/C22H14BrN3O2S2/c23-17-8-12-19(13-9-17)30(27,28)18-10-6-16(7-11-18)21-24-22-26(25-21)20(14-29-22)15-4-2-1-3-5-15/h1-14H. The third-order valence-corrected chi connectivity index (χ3v) is 7.83. The molecule has 0 bridgehead atoms. The smallest absolute Gasteiger partial charge is 0.213 e. The average Bonchev–Trinajstić information content (AvgIpc) is 3.36. The van der Waals surface area contributed by atoms with Gasteiger partial charge in [0.05, 0.1) is 15.5 Å². The molecule has 2 heterocycles. The maximum Gasteiger partial charge on any atom is 0.213 e. The minimum absolute atomic E-state index is 0.236. The van der Waals surface area contributed by atoms with Gasteiger partial charge in [0.25, 0.3) is 0 Å². The van der Waals surface area contributed by atoms with Crippen LogP contribution in [0.15, 0.2) is 98.5 Å². The summed E-state index contributed by atoms with van der Waals surface area (Å²) in [6.07, 6.45) is 0. The third-order valence-electron chi connectivity index (χ3n) is 4.70. The SMILES string of the molecule is O=S(=O)(c1ccc(Br)cc1)c1ccc(-c2nc3scc(-c4ccccc4)n3n2)cc1. The van der Waals surface area contributed by atoms with Gasteiger partial charge in [0, 0.05) is 21.0 Å². The Bertz CT molecular complexity index is 1440. The molecule has 0 aliphatic rings. The zero-order valence-electron chi connectivity index (χ0n) is 15.4. The molecule has 0 spiro atoms. The predicted octanol–water partition coefficient (Wildman–Crippen LogP) is 5.72. The van der Waals surface area contributed by atoms with Crippen molar-refractivity contribution in [1.82, 2.24) is 14.6 Å². The first-order chi connectivity index (χ1) is 14.5. The van der Waals surface area contributed by atoms with Crippen molar-refractivity contribution in [2.24, 2.45) is 0 Å². The van der Waals surface area contributed by atoms with E-state index >= 15 is 0 Å². The number of nitrogens with zero attached hydrogens (tertiary/aromatic N) is 3. The molecule has 0 aliphatic heterocycles. The van der Waals surface area contributed by atoms with Crippen LogP contribution in [0.2, 0.25) is 0 Å². The van der Waals surface area contributed by atoms with Gasteiger partial charge in [0.1, 0.15) is 0 Å². The minimum atomic E-state index is -3.58. The van der Waals surface area contributed by atoms with Crippen LogP contribution in [0, 0.1) is 0 Å². The maximum atomic E-state index is 12.8. The third kappa shape index (κ3) is 3.36. The molecule has 148 valence electrons. The molecule has 3 aromatic carbocycles. The van der Waals surface area contributed by atoms with E-state index in [1.165, 1.54) is 11.3 Å². The van der Waals surface area contributed by atoms with E-state index < -0.39 is 9.84 Å². The Morgan fingerprint density at radius 1 is 0.800 bits per heavy atom. The molecule has 30 heavy (non-hydrogen) atoms. The Hall–Kier alpha value is -2.81. The fraction of sp³-hybridized carbons (Fsp3) is 0. The van der Waals surface area contributed by atoms with Gasteiger partial charge in [0.15, 0.2) is 5.82 Å². The van der Waals surface area contributed by atoms with Gasteiger partial charge < -0.3 is 0 Å². The lowest BCUT2D eigenvalue weighted by Gasteiger charge is -2.05. The number of sulfone groups is 1. The molecule has 0 saturated carbocycles. The highest BCUT2D eigenvalue weighted by molar-refractivity contribution is 9.10. The largest absolute Gasteiger partial charge is 0.219 e. The molecule has 0 N–H and O–H groups in total. The second kappa shape index (κ2) is 7.46. The highest BCUT2D eigenvalue weighted by Crippen LogP contribution is 2.28. The molecule has 0 amide bonds. The van der Waals surface area contributed by atoms with E-state index in [4.69, 9.17) is 0 Å². The van der Waals surface area contributed by atoms with Crippen LogP contribution in [0.4, 0.5) is 0 Å². The van der Waals surface area contributed by atoms with Crippen molar-refractivity contribution in [2.45, 2.75) is 9.79 Å². The Labute approximate surface area is 185 Å². The fourth-order valence-corrected chi connectivity index (χ4v) is 5.50. The van der Waals surface area contributed by atoms with Crippen molar-refractivity contribution in [2.75, 3.05) is 0 Å². The zero-order valence-corrected chi connectivity index (χ0v) is 18.7. The second-order valence-electron chi connectivity index (χ2n) is 6.60. The lowest BCUT2D eigenvalue weighted by Crippen LogP contribution is -2.01. The van der Waals surface area contributed by atoms with Crippen molar-refractivity contribution >= 4 is 42.1 Å². The fourth-order valence-electron chi connectivity index (χ4n) is 3.14. The van der Waals surface area contributed by atoms with Crippen LogP contribution in [0.1, 0.15) is 0 Å². The number of hydrogen-bond acceptors (Lipinski definition) is 5. The van der Waals surface area contributed by atoms with Crippen molar-refractivity contribution in [3.05, 3.63) is 88.7 Å². The number of aromatic nitrogens is 3. The van der Waals surface area contributed by atoms with Crippen molar-refractivity contribution in [3.8, 4) is 22.6 Å². The van der Waals surface area contributed by atoms with E-state index in [-0.39, 0.29) is 9.79 Å². The van der Waals surface area contributed by atoms with Gasteiger partial charge in [-0.05, 0) is 48.5 Å². The van der Waals surface area contributed by atoms with Gasteiger partial charge in [-0.3, -0.25) is 0 Å². The van der Waals surface area contributed by atoms with Crippen LogP contribution < -0.4 is 0 Å². The summed E-state index contributed by atoms with van der Waals surface area (Å²) in [4.78, 5) is 5.88. The molecular weight excluding hydrogens is 482 g/mol. The first-order valence-electron chi connectivity index (χ1n) is 9.03. The van der Waals surface area contributed by atoms with Crippen LogP contribution >= 0.6 is 27.3 Å². The van der Waals surface area contributed by atoms with Gasteiger partial charge in [0.2, 0.25) is 14.8 Å². The normalized spacial score (nSPS) is 11.8. The van der Waals surface area contributed by atoms with E-state index in [1.54, 1.807) is 48.5 Å². The van der Waals surface area contributed by atoms with E-state index in [0.29, 0.717) is 5.82 Å². The number of benzene rings is 3. The summed E-state index contributed by atoms with van der Waals surface area (Å²) in [7, 11) is -3.58. The molecule has 0 unspecified atom stereocenters. The number of hydrogen-bond donors (Lipinski definition) is 0. The summed E-state index contributed by atoms with van der Waals surface area (Å²) in [5.74, 6) is 0.562. The van der Waals surface area contributed by atoms with Gasteiger partial charge >= 0.3 is 0 Å². The molecular formula is C22H14BrN3O2S2. The average molecular weight is 496 g/mol. The molecule has 5 rings (SSSR count). The monoisotopic (exact) mass is 495 g/mol. The first-order valence-corrected chi connectivity index (χ1v) is 12.2. The molecule has 0 saturated heterocycles. The van der Waals surface area contributed by atoms with Gasteiger partial charge in [-0.2, -0.15) is 4.98 Å². The summed E-state index contributed by atoms with van der Waals surface area (Å²) < 4.78 is 28.3. The highest BCUT2D eigenvalue weighted by Gasteiger charge is 2.18. The van der Waals surface area contributed by atoms with E-state index in [1.807, 2.05) is 40.2 Å². The molecule has 0 radical (unpaired) electrons. The van der Waals surface area contributed by atoms with Gasteiger partial charge in [-0.25, -0.2) is 12.9 Å². The molecule has 8 heteroatoms. The Balaban J connectivity index is 1.49. The van der Waals surface area contributed by atoms with Crippen LogP contribution in [-0.4, -0.2) is 23.0 Å². The van der Waals surface area contributed by atoms with Crippen LogP contribution in [0.25, 0.3) is 27.6 Å². The molecule has 5 nitrogen and oxygen atoms in total. The Morgan fingerprint density at radius 2 is 1.43 bits per heavy atom. The number of thiazole rings is 1. The summed E-state index contributed by atoms with van der Waals surface area (Å²) >= 11 is 4.84. The lowest BCUT2D eigenvalue weighted by atomic mass is 10.2. The summed E-state index contributed by atoms with van der Waals surface area (Å²) in [5, 5.41) is 6.67. The summed E-state index contributed by atoms with van der Waals surface area (Å²) in [6, 6.07) is 23.3. The summed E-state index contributed by atoms with van der Waals surface area (Å²) in [6.45, 7) is 0. The number of halogens is 1. The second-order valence-corrected chi connectivity index (χ2v) is 10.3. The zero-order chi connectivity index (χ0) is 20.7. The molecule has 5 aromatic rings. The van der Waals surface area contributed by atoms with Crippen LogP contribution in [0.5, 0.6) is 0 Å². The number of fused-ring (bicyclic) bond motifs is 1. The van der Waals surface area contributed by atoms with Gasteiger partial charge in [-0.1, -0.05) is 46.3 Å². The highest BCUT2D eigenvalue weighted by atomic mass is 79.9. The van der Waals surface area contributed by atoms with Crippen molar-refractivity contribution in [3.63, 3.8) is 0 Å². The molecule has 0 atom stereocenters. The first kappa shape index (κ1) is 19.2. The minimum Gasteiger partial charge on any atom is -0.219 e. The van der Waals surface area contributed by atoms with Gasteiger partial charge in [-0.15, -0.1) is 16.4 Å². The van der Waals surface area contributed by atoms with E-state index in [0.717, 1.165) is 26.3 Å². The number of rotatable bonds is 4. The van der Waals surface area contributed by atoms with Crippen molar-refractivity contribution < 1.29 is 8.42 Å². The maximum absolute atomic E-state index is 12.8. The summed E-state index contributed by atoms with van der Waals surface area (Å²) in [5.41, 5.74) is 2.81. The molecule has 0 fully saturated rings. The van der Waals surface area contributed by atoms with E-state index in [9.17, 15) is 8.42 Å². The van der Waals surface area contributed by atoms with E-state index in [2.05, 4.69) is 26.0 Å². The quantitative estimate of drug-likeness (QED) is 0.319. The Kier molecular flexibility index (Phi) is 4.77. The van der Waals surface area contributed by atoms with Crippen LogP contribution in [-0.2, 0) is 9.84 Å². The van der Waals surface area contributed by atoms with Crippen molar-refractivity contribution in [1.29, 1.82) is 0 Å².